The molecule has 3 aliphatic rings. The molecule has 0 atom stereocenters. The van der Waals surface area contributed by atoms with Crippen molar-refractivity contribution in [2.75, 3.05) is 7.05 Å². The van der Waals surface area contributed by atoms with Gasteiger partial charge in [0.15, 0.2) is 0 Å². The second kappa shape index (κ2) is 4.50. The number of likely N-dealkylation sites (N-methyl/N-ethyl adjacent to an activating group) is 1. The molecule has 1 N–H and O–H groups in total. The summed E-state index contributed by atoms with van der Waals surface area (Å²) in [5, 5.41) is 3.14. The van der Waals surface area contributed by atoms with Crippen LogP contribution in [0.1, 0.15) is 64.2 Å². The summed E-state index contributed by atoms with van der Waals surface area (Å²) < 4.78 is 0. The fraction of sp³-hybridized carbons (Fsp3) is 0.867. The van der Waals surface area contributed by atoms with Crippen molar-refractivity contribution in [2.45, 2.75) is 75.3 Å². The number of nitrogens with zero attached hydrogens (tertiary/aromatic N) is 1. The van der Waals surface area contributed by atoms with Gasteiger partial charge in [-0.25, -0.2) is 0 Å². The molecule has 0 unspecified atom stereocenters. The molecule has 1 heterocycles. The van der Waals surface area contributed by atoms with E-state index in [2.05, 4.69) is 5.32 Å². The van der Waals surface area contributed by atoms with Crippen molar-refractivity contribution in [1.29, 1.82) is 0 Å². The zero-order valence-electron chi connectivity index (χ0n) is 11.8. The van der Waals surface area contributed by atoms with Gasteiger partial charge in [0, 0.05) is 7.05 Å². The van der Waals surface area contributed by atoms with Crippen molar-refractivity contribution in [1.82, 2.24) is 10.2 Å². The van der Waals surface area contributed by atoms with Crippen LogP contribution < -0.4 is 5.32 Å². The van der Waals surface area contributed by atoms with Crippen LogP contribution in [0.15, 0.2) is 0 Å². The van der Waals surface area contributed by atoms with Crippen LogP contribution >= 0.6 is 0 Å². The maximum atomic E-state index is 12.8. The lowest BCUT2D eigenvalue weighted by Gasteiger charge is -2.53. The van der Waals surface area contributed by atoms with E-state index in [0.717, 1.165) is 51.4 Å². The number of rotatable bonds is 0. The van der Waals surface area contributed by atoms with E-state index in [1.54, 1.807) is 4.90 Å². The highest BCUT2D eigenvalue weighted by Crippen LogP contribution is 2.41. The fourth-order valence-electron chi connectivity index (χ4n) is 4.25. The van der Waals surface area contributed by atoms with Crippen LogP contribution in [0.25, 0.3) is 0 Å². The molecule has 0 aromatic rings. The Kier molecular flexibility index (Phi) is 3.06. The first kappa shape index (κ1) is 12.9. The Bertz CT molecular complexity index is 393. The van der Waals surface area contributed by atoms with E-state index >= 15 is 0 Å². The SMILES string of the molecule is CN1C(=O)C2(CCCCC2)NC(=O)C12CCCCC2. The molecule has 3 rings (SSSR count). The van der Waals surface area contributed by atoms with Crippen molar-refractivity contribution in [3.8, 4) is 0 Å². The predicted molar refractivity (Wildman–Crippen MR) is 72.5 cm³/mol. The van der Waals surface area contributed by atoms with Gasteiger partial charge in [-0.2, -0.15) is 0 Å². The lowest BCUT2D eigenvalue weighted by molar-refractivity contribution is -0.165. The quantitative estimate of drug-likeness (QED) is 0.727. The Balaban J connectivity index is 1.90. The van der Waals surface area contributed by atoms with Gasteiger partial charge in [0.25, 0.3) is 0 Å². The second-order valence-corrected chi connectivity index (χ2v) is 6.55. The van der Waals surface area contributed by atoms with Crippen LogP contribution in [-0.4, -0.2) is 34.8 Å². The van der Waals surface area contributed by atoms with Crippen LogP contribution in [0.4, 0.5) is 0 Å². The number of piperazine rings is 1. The molecule has 3 fully saturated rings. The van der Waals surface area contributed by atoms with Crippen molar-refractivity contribution < 1.29 is 9.59 Å². The van der Waals surface area contributed by atoms with Crippen LogP contribution in [0.3, 0.4) is 0 Å². The standard InChI is InChI=1S/C15H24N2O2/c1-17-13(19)14(8-4-2-5-9-14)16-12(18)15(17)10-6-3-7-11-15/h2-11H2,1H3,(H,16,18). The topological polar surface area (TPSA) is 49.4 Å². The van der Waals surface area contributed by atoms with Gasteiger partial charge in [-0.3, -0.25) is 9.59 Å². The molecule has 4 heteroatoms. The lowest BCUT2D eigenvalue weighted by Crippen LogP contribution is -2.75. The van der Waals surface area contributed by atoms with E-state index in [4.69, 9.17) is 0 Å². The summed E-state index contributed by atoms with van der Waals surface area (Å²) in [5.74, 6) is 0.268. The number of amides is 2. The van der Waals surface area contributed by atoms with Crippen LogP contribution in [0, 0.1) is 0 Å². The maximum Gasteiger partial charge on any atom is 0.248 e. The minimum atomic E-state index is -0.577. The van der Waals surface area contributed by atoms with Gasteiger partial charge in [-0.15, -0.1) is 0 Å². The highest BCUT2D eigenvalue weighted by molar-refractivity contribution is 6.02. The molecule has 4 nitrogen and oxygen atoms in total. The minimum Gasteiger partial charge on any atom is -0.340 e. The zero-order chi connectivity index (χ0) is 13.5. The van der Waals surface area contributed by atoms with E-state index in [1.165, 1.54) is 12.8 Å². The average Bonchev–Trinajstić information content (AvgIpc) is 2.46. The summed E-state index contributed by atoms with van der Waals surface area (Å²) in [5.41, 5.74) is -1.12. The van der Waals surface area contributed by atoms with Gasteiger partial charge in [0.05, 0.1) is 0 Å². The second-order valence-electron chi connectivity index (χ2n) is 6.55. The number of nitrogens with one attached hydrogen (secondary N) is 1. The Morgan fingerprint density at radius 1 is 0.895 bits per heavy atom. The third-order valence-corrected chi connectivity index (χ3v) is 5.52. The van der Waals surface area contributed by atoms with Gasteiger partial charge in [0.1, 0.15) is 11.1 Å². The van der Waals surface area contributed by atoms with E-state index in [0.29, 0.717) is 0 Å². The molecule has 2 aliphatic carbocycles. The molecule has 0 aromatic carbocycles. The highest BCUT2D eigenvalue weighted by Gasteiger charge is 2.57. The number of hydrogen-bond donors (Lipinski definition) is 1. The van der Waals surface area contributed by atoms with E-state index in [9.17, 15) is 9.59 Å². The van der Waals surface area contributed by atoms with Gasteiger partial charge in [-0.1, -0.05) is 38.5 Å². The first-order valence-corrected chi connectivity index (χ1v) is 7.72. The Labute approximate surface area is 114 Å². The molecule has 0 bridgehead atoms. The third-order valence-electron chi connectivity index (χ3n) is 5.52. The molecule has 2 spiro atoms. The summed E-state index contributed by atoms with van der Waals surface area (Å²) in [7, 11) is 1.85. The van der Waals surface area contributed by atoms with Gasteiger partial charge < -0.3 is 10.2 Å². The van der Waals surface area contributed by atoms with Crippen LogP contribution in [-0.2, 0) is 9.59 Å². The molecule has 1 aliphatic heterocycles. The van der Waals surface area contributed by atoms with Crippen molar-refractivity contribution in [3.63, 3.8) is 0 Å². The fourth-order valence-corrected chi connectivity index (χ4v) is 4.25. The molecular weight excluding hydrogens is 240 g/mol. The highest BCUT2D eigenvalue weighted by atomic mass is 16.2. The first-order valence-electron chi connectivity index (χ1n) is 7.72. The molecule has 1 saturated heterocycles. The lowest BCUT2D eigenvalue weighted by atomic mass is 9.72. The molecular formula is C15H24N2O2. The predicted octanol–water partition coefficient (Wildman–Crippen LogP) is 1.98. The maximum absolute atomic E-state index is 12.8. The number of carbonyl (C=O) groups is 2. The van der Waals surface area contributed by atoms with Gasteiger partial charge in [-0.05, 0) is 25.7 Å². The van der Waals surface area contributed by atoms with E-state index in [-0.39, 0.29) is 11.8 Å². The summed E-state index contributed by atoms with van der Waals surface area (Å²) in [6, 6.07) is 0. The molecule has 2 amide bonds. The normalized spacial score (nSPS) is 29.6. The monoisotopic (exact) mass is 264 g/mol. The largest absolute Gasteiger partial charge is 0.340 e. The summed E-state index contributed by atoms with van der Waals surface area (Å²) in [6.45, 7) is 0. The summed E-state index contributed by atoms with van der Waals surface area (Å²) in [4.78, 5) is 27.3. The Morgan fingerprint density at radius 3 is 2.00 bits per heavy atom. The van der Waals surface area contributed by atoms with E-state index in [1.807, 2.05) is 7.05 Å². The molecule has 19 heavy (non-hydrogen) atoms. The number of hydrogen-bond acceptors (Lipinski definition) is 2. The minimum absolute atomic E-state index is 0.108. The third kappa shape index (κ3) is 1.79. The molecule has 0 radical (unpaired) electrons. The van der Waals surface area contributed by atoms with Gasteiger partial charge >= 0.3 is 0 Å². The van der Waals surface area contributed by atoms with Crippen molar-refractivity contribution in [2.24, 2.45) is 0 Å². The van der Waals surface area contributed by atoms with Crippen molar-refractivity contribution >= 4 is 11.8 Å². The Morgan fingerprint density at radius 2 is 1.42 bits per heavy atom. The smallest absolute Gasteiger partial charge is 0.248 e. The zero-order valence-corrected chi connectivity index (χ0v) is 11.8. The van der Waals surface area contributed by atoms with Crippen molar-refractivity contribution in [3.05, 3.63) is 0 Å². The average molecular weight is 264 g/mol. The molecule has 0 aromatic heterocycles. The van der Waals surface area contributed by atoms with Gasteiger partial charge in [0.2, 0.25) is 11.8 Å². The van der Waals surface area contributed by atoms with E-state index < -0.39 is 11.1 Å². The molecule has 106 valence electrons. The number of carbonyl (C=O) groups excluding carboxylic acids is 2. The summed E-state index contributed by atoms with van der Waals surface area (Å²) in [6.07, 6.45) is 9.86. The van der Waals surface area contributed by atoms with Crippen LogP contribution in [0.2, 0.25) is 0 Å². The first-order chi connectivity index (χ1) is 9.11. The summed E-state index contributed by atoms with van der Waals surface area (Å²) >= 11 is 0. The van der Waals surface area contributed by atoms with Crippen LogP contribution in [0.5, 0.6) is 0 Å². The Hall–Kier alpha value is -1.06. The molecule has 2 saturated carbocycles.